The van der Waals surface area contributed by atoms with Gasteiger partial charge in [-0.15, -0.1) is 0 Å². The van der Waals surface area contributed by atoms with Crippen molar-refractivity contribution < 1.29 is 0 Å². The van der Waals surface area contributed by atoms with Gasteiger partial charge in [-0.25, -0.2) is 9.97 Å². The third-order valence-corrected chi connectivity index (χ3v) is 4.00. The Morgan fingerprint density at radius 3 is 2.08 bits per heavy atom. The molecule has 4 rings (SSSR count). The molecule has 4 aromatic rings. The first-order chi connectivity index (χ1) is 12.9. The summed E-state index contributed by atoms with van der Waals surface area (Å²) in [5.41, 5.74) is 3.91. The van der Waals surface area contributed by atoms with Gasteiger partial charge in [0.05, 0.1) is 17.9 Å². The molecule has 2 aromatic heterocycles. The van der Waals surface area contributed by atoms with Crippen LogP contribution in [0, 0.1) is 0 Å². The van der Waals surface area contributed by atoms with Crippen LogP contribution in [0.15, 0.2) is 91.1 Å². The molecule has 0 aliphatic rings. The van der Waals surface area contributed by atoms with E-state index in [1.807, 2.05) is 72.8 Å². The quantitative estimate of drug-likeness (QED) is 0.567. The number of benzene rings is 2. The molecule has 2 aromatic carbocycles. The topological polar surface area (TPSA) is 50.7 Å². The summed E-state index contributed by atoms with van der Waals surface area (Å²) >= 11 is 0. The number of rotatable bonds is 5. The fraction of sp³-hybridized carbons (Fsp3) is 0.0455. The van der Waals surface area contributed by atoms with Gasteiger partial charge >= 0.3 is 0 Å². The van der Waals surface area contributed by atoms with E-state index in [0.29, 0.717) is 12.4 Å². The number of hydrogen-bond donors (Lipinski definition) is 1. The second-order valence-electron chi connectivity index (χ2n) is 5.87. The van der Waals surface area contributed by atoms with Crippen LogP contribution < -0.4 is 5.32 Å². The van der Waals surface area contributed by atoms with E-state index in [-0.39, 0.29) is 0 Å². The number of pyridine rings is 1. The summed E-state index contributed by atoms with van der Waals surface area (Å²) in [5, 5.41) is 3.37. The van der Waals surface area contributed by atoms with Gasteiger partial charge in [-0.05, 0) is 12.1 Å². The van der Waals surface area contributed by atoms with Crippen LogP contribution in [-0.4, -0.2) is 15.0 Å². The maximum absolute atomic E-state index is 4.76. The Morgan fingerprint density at radius 1 is 0.692 bits per heavy atom. The highest BCUT2D eigenvalue weighted by atomic mass is 15.0. The molecule has 0 radical (unpaired) electrons. The lowest BCUT2D eigenvalue weighted by Crippen LogP contribution is -2.05. The van der Waals surface area contributed by atoms with Gasteiger partial charge in [0, 0.05) is 23.4 Å². The van der Waals surface area contributed by atoms with Gasteiger partial charge in [0.15, 0.2) is 5.82 Å². The van der Waals surface area contributed by atoms with Gasteiger partial charge in [-0.2, -0.15) is 0 Å². The van der Waals surface area contributed by atoms with Crippen molar-refractivity contribution in [1.29, 1.82) is 0 Å². The van der Waals surface area contributed by atoms with E-state index in [0.717, 1.165) is 28.3 Å². The number of hydrogen-bond acceptors (Lipinski definition) is 4. The maximum Gasteiger partial charge on any atom is 0.162 e. The molecule has 0 unspecified atom stereocenters. The predicted molar refractivity (Wildman–Crippen MR) is 104 cm³/mol. The van der Waals surface area contributed by atoms with Gasteiger partial charge < -0.3 is 5.32 Å². The summed E-state index contributed by atoms with van der Waals surface area (Å²) in [7, 11) is 0. The monoisotopic (exact) mass is 338 g/mol. The molecule has 0 saturated carbocycles. The van der Waals surface area contributed by atoms with Crippen LogP contribution in [0.2, 0.25) is 0 Å². The molecule has 126 valence electrons. The molecule has 0 aliphatic carbocycles. The number of nitrogens with zero attached hydrogens (tertiary/aromatic N) is 3. The summed E-state index contributed by atoms with van der Waals surface area (Å²) < 4.78 is 0. The lowest BCUT2D eigenvalue weighted by Gasteiger charge is -2.10. The van der Waals surface area contributed by atoms with Crippen LogP contribution in [0.25, 0.3) is 22.6 Å². The van der Waals surface area contributed by atoms with Gasteiger partial charge in [-0.3, -0.25) is 4.98 Å². The molecule has 0 spiro atoms. The molecule has 0 bridgehead atoms. The second-order valence-corrected chi connectivity index (χ2v) is 5.87. The normalized spacial score (nSPS) is 10.5. The molecule has 0 aliphatic heterocycles. The fourth-order valence-electron chi connectivity index (χ4n) is 2.69. The minimum Gasteiger partial charge on any atom is -0.364 e. The summed E-state index contributed by atoms with van der Waals surface area (Å²) in [4.78, 5) is 13.8. The summed E-state index contributed by atoms with van der Waals surface area (Å²) in [6, 6.07) is 28.0. The Morgan fingerprint density at radius 2 is 1.38 bits per heavy atom. The highest BCUT2D eigenvalue weighted by molar-refractivity contribution is 5.67. The molecule has 4 heteroatoms. The average Bonchev–Trinajstić information content (AvgIpc) is 2.74. The van der Waals surface area contributed by atoms with Gasteiger partial charge in [-0.1, -0.05) is 66.7 Å². The van der Waals surface area contributed by atoms with Crippen molar-refractivity contribution >= 4 is 5.82 Å². The van der Waals surface area contributed by atoms with Crippen molar-refractivity contribution in [3.8, 4) is 22.6 Å². The van der Waals surface area contributed by atoms with E-state index >= 15 is 0 Å². The minimum absolute atomic E-state index is 0.611. The maximum atomic E-state index is 4.76. The zero-order valence-electron chi connectivity index (χ0n) is 14.2. The van der Waals surface area contributed by atoms with Gasteiger partial charge in [0.1, 0.15) is 5.82 Å². The van der Waals surface area contributed by atoms with Crippen LogP contribution in [-0.2, 0) is 6.54 Å². The Bertz CT molecular complexity index is 913. The molecule has 0 saturated heterocycles. The predicted octanol–water partition coefficient (Wildman–Crippen LogP) is 4.82. The van der Waals surface area contributed by atoms with E-state index in [1.54, 1.807) is 6.20 Å². The zero-order chi connectivity index (χ0) is 17.6. The van der Waals surface area contributed by atoms with Crippen molar-refractivity contribution in [2.24, 2.45) is 0 Å². The zero-order valence-corrected chi connectivity index (χ0v) is 14.2. The molecule has 1 N–H and O–H groups in total. The molecule has 2 heterocycles. The first-order valence-electron chi connectivity index (χ1n) is 8.52. The highest BCUT2D eigenvalue weighted by Crippen LogP contribution is 2.24. The summed E-state index contributed by atoms with van der Waals surface area (Å²) in [6.45, 7) is 0.611. The van der Waals surface area contributed by atoms with Crippen molar-refractivity contribution in [3.63, 3.8) is 0 Å². The summed E-state index contributed by atoms with van der Waals surface area (Å²) in [6.07, 6.45) is 1.79. The second kappa shape index (κ2) is 7.57. The first kappa shape index (κ1) is 16.0. The van der Waals surface area contributed by atoms with E-state index in [2.05, 4.69) is 22.4 Å². The van der Waals surface area contributed by atoms with Crippen molar-refractivity contribution in [2.45, 2.75) is 6.54 Å². The van der Waals surface area contributed by atoms with E-state index in [4.69, 9.17) is 9.97 Å². The minimum atomic E-state index is 0.611. The lowest BCUT2D eigenvalue weighted by atomic mass is 10.1. The smallest absolute Gasteiger partial charge is 0.162 e. The van der Waals surface area contributed by atoms with Crippen molar-refractivity contribution in [3.05, 3.63) is 96.8 Å². The summed E-state index contributed by atoms with van der Waals surface area (Å²) in [5.74, 6) is 1.49. The molecule has 4 nitrogen and oxygen atoms in total. The molecule has 26 heavy (non-hydrogen) atoms. The lowest BCUT2D eigenvalue weighted by molar-refractivity contribution is 1.02. The molecular formula is C22H18N4. The molecule has 0 atom stereocenters. The SMILES string of the molecule is c1ccc(-c2cc(NCc3ccccn3)nc(-c3ccccc3)n2)cc1. The standard InChI is InChI=1S/C22H18N4/c1-3-9-17(10-4-1)20-15-21(24-16-19-13-7-8-14-23-19)26-22(25-20)18-11-5-2-6-12-18/h1-15H,16H2,(H,24,25,26). The first-order valence-corrected chi connectivity index (χ1v) is 8.52. The van der Waals surface area contributed by atoms with E-state index < -0.39 is 0 Å². The Labute approximate surface area is 152 Å². The van der Waals surface area contributed by atoms with Crippen LogP contribution in [0.1, 0.15) is 5.69 Å². The Balaban J connectivity index is 1.70. The number of nitrogens with one attached hydrogen (secondary N) is 1. The molecular weight excluding hydrogens is 320 g/mol. The van der Waals surface area contributed by atoms with Gasteiger partial charge in [0.2, 0.25) is 0 Å². The number of aromatic nitrogens is 3. The average molecular weight is 338 g/mol. The van der Waals surface area contributed by atoms with Gasteiger partial charge in [0.25, 0.3) is 0 Å². The molecule has 0 amide bonds. The van der Waals surface area contributed by atoms with Crippen LogP contribution >= 0.6 is 0 Å². The number of anilines is 1. The van der Waals surface area contributed by atoms with E-state index in [9.17, 15) is 0 Å². The largest absolute Gasteiger partial charge is 0.364 e. The van der Waals surface area contributed by atoms with Crippen LogP contribution in [0.5, 0.6) is 0 Å². The van der Waals surface area contributed by atoms with Crippen molar-refractivity contribution in [1.82, 2.24) is 15.0 Å². The fourth-order valence-corrected chi connectivity index (χ4v) is 2.69. The Hall–Kier alpha value is -3.53. The van der Waals surface area contributed by atoms with Crippen molar-refractivity contribution in [2.75, 3.05) is 5.32 Å². The van der Waals surface area contributed by atoms with E-state index in [1.165, 1.54) is 0 Å². The molecule has 0 fully saturated rings. The third-order valence-electron chi connectivity index (χ3n) is 4.00. The third kappa shape index (κ3) is 3.75. The van der Waals surface area contributed by atoms with Crippen LogP contribution in [0.4, 0.5) is 5.82 Å². The highest BCUT2D eigenvalue weighted by Gasteiger charge is 2.08. The van der Waals surface area contributed by atoms with Crippen LogP contribution in [0.3, 0.4) is 0 Å². The Kier molecular flexibility index (Phi) is 4.65.